The first kappa shape index (κ1) is 31.8. The number of aryl methyl sites for hydroxylation is 3. The Morgan fingerprint density at radius 2 is 2.00 bits per heavy atom. The number of halogens is 4. The van der Waals surface area contributed by atoms with Crippen LogP contribution in [-0.4, -0.2) is 57.2 Å². The fourth-order valence-electron chi connectivity index (χ4n) is 4.82. The molecule has 0 spiro atoms. The summed E-state index contributed by atoms with van der Waals surface area (Å²) >= 11 is 6.47. The standard InChI is InChI=1S/C29H40ClF3N6O/c1-6-8-12-26(35-28(22(30)7-2)36-27-16-20(5)37-38-27)34-23-15-18(3)21(14-19(23)4)24-11-9-10-13-39(24)17-25(40)29(31,32)33/h7,14-16,24-25,40H,6,8-13,17H2,1-5H3,(H2,34,35,36,37,38)/b22-7+. The first-order valence-corrected chi connectivity index (χ1v) is 14.2. The van der Waals surface area contributed by atoms with Gasteiger partial charge in [-0.1, -0.05) is 43.5 Å². The average molecular weight is 581 g/mol. The van der Waals surface area contributed by atoms with Crippen molar-refractivity contribution in [1.29, 1.82) is 0 Å². The van der Waals surface area contributed by atoms with Crippen LogP contribution in [0.3, 0.4) is 0 Å². The Labute approximate surface area is 239 Å². The maximum atomic E-state index is 13.1. The summed E-state index contributed by atoms with van der Waals surface area (Å²) in [6.45, 7) is 9.85. The number of H-pyrrole nitrogens is 1. The molecule has 2 unspecified atom stereocenters. The lowest BCUT2D eigenvalue weighted by Gasteiger charge is -2.38. The highest BCUT2D eigenvalue weighted by Crippen LogP contribution is 2.36. The summed E-state index contributed by atoms with van der Waals surface area (Å²) in [6.07, 6.45) is -0.225. The third-order valence-electron chi connectivity index (χ3n) is 7.04. The number of alkyl halides is 3. The minimum atomic E-state index is -4.64. The number of likely N-dealkylation sites (tertiary alicyclic amines) is 1. The van der Waals surface area contributed by atoms with E-state index in [0.717, 1.165) is 60.2 Å². The van der Waals surface area contributed by atoms with Crippen molar-refractivity contribution in [2.24, 2.45) is 9.98 Å². The van der Waals surface area contributed by atoms with Gasteiger partial charge in [0.25, 0.3) is 0 Å². The maximum Gasteiger partial charge on any atom is 0.415 e. The van der Waals surface area contributed by atoms with Gasteiger partial charge in [0.15, 0.2) is 17.8 Å². The highest BCUT2D eigenvalue weighted by atomic mass is 35.5. The Bertz CT molecular complexity index is 1240. The molecule has 2 atom stereocenters. The zero-order chi connectivity index (χ0) is 29.4. The van der Waals surface area contributed by atoms with Gasteiger partial charge < -0.3 is 10.4 Å². The normalized spacial score (nSPS) is 18.8. The number of allylic oxidation sites excluding steroid dienone is 1. The number of aromatic nitrogens is 2. The number of β-amino-alcohol motifs (C(OH)–C–C–N with tert-alkyl or cyclic N) is 1. The second kappa shape index (κ2) is 14.3. The van der Waals surface area contributed by atoms with E-state index in [9.17, 15) is 18.3 Å². The van der Waals surface area contributed by atoms with Gasteiger partial charge in [-0.2, -0.15) is 18.3 Å². The monoisotopic (exact) mass is 580 g/mol. The molecule has 1 aliphatic heterocycles. The van der Waals surface area contributed by atoms with Crippen molar-refractivity contribution < 1.29 is 18.3 Å². The van der Waals surface area contributed by atoms with Gasteiger partial charge in [0.05, 0.1) is 5.03 Å². The maximum absolute atomic E-state index is 13.1. The second-order valence-corrected chi connectivity index (χ2v) is 10.8. The van der Waals surface area contributed by atoms with Gasteiger partial charge in [-0.05, 0) is 76.3 Å². The molecule has 0 amide bonds. The van der Waals surface area contributed by atoms with Crippen molar-refractivity contribution >= 4 is 34.8 Å². The first-order valence-electron chi connectivity index (χ1n) is 13.8. The van der Waals surface area contributed by atoms with E-state index in [2.05, 4.69) is 27.4 Å². The molecule has 7 nitrogen and oxygen atoms in total. The fourth-order valence-corrected chi connectivity index (χ4v) is 4.91. The number of nitrogens with one attached hydrogen (secondary N) is 2. The van der Waals surface area contributed by atoms with Gasteiger partial charge in [0, 0.05) is 36.5 Å². The summed E-state index contributed by atoms with van der Waals surface area (Å²) in [6, 6.07) is 5.68. The second-order valence-electron chi connectivity index (χ2n) is 10.4. The topological polar surface area (TPSA) is 88.9 Å². The van der Waals surface area contributed by atoms with E-state index in [4.69, 9.17) is 16.6 Å². The van der Waals surface area contributed by atoms with Gasteiger partial charge >= 0.3 is 6.18 Å². The largest absolute Gasteiger partial charge is 0.415 e. The molecule has 11 heteroatoms. The molecule has 0 saturated carbocycles. The quantitative estimate of drug-likeness (QED) is 0.210. The molecule has 1 saturated heterocycles. The molecule has 3 rings (SSSR count). The van der Waals surface area contributed by atoms with Crippen LogP contribution in [0.25, 0.3) is 0 Å². The third-order valence-corrected chi connectivity index (χ3v) is 7.43. The van der Waals surface area contributed by atoms with Crippen LogP contribution in [0.1, 0.15) is 80.8 Å². The smallest absolute Gasteiger partial charge is 0.382 e. The third kappa shape index (κ3) is 8.65. The Kier molecular flexibility index (Phi) is 11.4. The lowest BCUT2D eigenvalue weighted by molar-refractivity contribution is -0.210. The van der Waals surface area contributed by atoms with E-state index in [1.165, 1.54) is 0 Å². The van der Waals surface area contributed by atoms with Gasteiger partial charge in [0.2, 0.25) is 0 Å². The molecule has 0 aliphatic carbocycles. The number of rotatable bonds is 9. The molecule has 0 radical (unpaired) electrons. The minimum Gasteiger partial charge on any atom is -0.382 e. The molecular weight excluding hydrogens is 541 g/mol. The zero-order valence-electron chi connectivity index (χ0n) is 23.9. The molecular formula is C29H40ClF3N6O. The van der Waals surface area contributed by atoms with Crippen LogP contribution < -0.4 is 5.32 Å². The average Bonchev–Trinajstić information content (AvgIpc) is 3.32. The predicted molar refractivity (Wildman–Crippen MR) is 157 cm³/mol. The van der Waals surface area contributed by atoms with Crippen molar-refractivity contribution in [3.63, 3.8) is 0 Å². The molecule has 2 heterocycles. The molecule has 1 aromatic heterocycles. The van der Waals surface area contributed by atoms with E-state index in [1.54, 1.807) is 11.0 Å². The Morgan fingerprint density at radius 3 is 2.62 bits per heavy atom. The lowest BCUT2D eigenvalue weighted by Crippen LogP contribution is -2.44. The summed E-state index contributed by atoms with van der Waals surface area (Å²) < 4.78 is 39.3. The molecule has 3 N–H and O–H groups in total. The molecule has 0 bridgehead atoms. The number of unbranched alkanes of at least 4 members (excludes halogenated alkanes) is 1. The number of hydrogen-bond acceptors (Lipinski definition) is 4. The van der Waals surface area contributed by atoms with E-state index >= 15 is 0 Å². The van der Waals surface area contributed by atoms with Crippen LogP contribution in [-0.2, 0) is 0 Å². The van der Waals surface area contributed by atoms with Crippen LogP contribution in [0.15, 0.2) is 39.3 Å². The number of aliphatic hydroxyl groups is 1. The van der Waals surface area contributed by atoms with Gasteiger partial charge in [-0.25, -0.2) is 9.98 Å². The van der Waals surface area contributed by atoms with Crippen LogP contribution in [0.5, 0.6) is 0 Å². The van der Waals surface area contributed by atoms with Gasteiger partial charge in [-0.15, -0.1) is 0 Å². The van der Waals surface area contributed by atoms with Crippen LogP contribution >= 0.6 is 11.6 Å². The first-order chi connectivity index (χ1) is 18.9. The number of amidine groups is 2. The number of nitrogens with zero attached hydrogens (tertiary/aromatic N) is 4. The Balaban J connectivity index is 1.92. The van der Waals surface area contributed by atoms with Crippen LogP contribution in [0, 0.1) is 20.8 Å². The van der Waals surface area contributed by atoms with E-state index < -0.39 is 18.8 Å². The van der Waals surface area contributed by atoms with Crippen molar-refractivity contribution in [3.05, 3.63) is 51.7 Å². The fraction of sp³-hybridized carbons (Fsp3) is 0.552. The summed E-state index contributed by atoms with van der Waals surface area (Å²) in [5, 5.41) is 20.7. The van der Waals surface area contributed by atoms with E-state index in [0.29, 0.717) is 35.5 Å². The number of hydrogen-bond donors (Lipinski definition) is 3. The highest BCUT2D eigenvalue weighted by molar-refractivity contribution is 6.44. The summed E-state index contributed by atoms with van der Waals surface area (Å²) in [5.41, 5.74) is 4.63. The number of benzene rings is 1. The highest BCUT2D eigenvalue weighted by Gasteiger charge is 2.40. The number of piperidine rings is 1. The molecule has 40 heavy (non-hydrogen) atoms. The van der Waals surface area contributed by atoms with Crippen LogP contribution in [0.2, 0.25) is 0 Å². The Hall–Kier alpha value is -2.69. The molecule has 220 valence electrons. The van der Waals surface area contributed by atoms with Crippen molar-refractivity contribution in [1.82, 2.24) is 15.1 Å². The van der Waals surface area contributed by atoms with Gasteiger partial charge in [-0.3, -0.25) is 10.00 Å². The molecule has 2 aromatic rings. The molecule has 1 aromatic carbocycles. The number of aliphatic hydroxyl groups excluding tert-OH is 1. The Morgan fingerprint density at radius 1 is 1.25 bits per heavy atom. The number of anilines is 1. The van der Waals surface area contributed by atoms with Crippen LogP contribution in [0.4, 0.5) is 24.7 Å². The lowest BCUT2D eigenvalue weighted by atomic mass is 9.90. The summed E-state index contributed by atoms with van der Waals surface area (Å²) in [4.78, 5) is 11.1. The minimum absolute atomic E-state index is 0.184. The SMILES string of the molecule is C/C=C(/Cl)C(N=C(CCCC)Nc1cc(C)c(C2CCCCN2CC(O)C(F)(F)F)cc1C)=Nc1cc(C)[nH]n1. The van der Waals surface area contributed by atoms with Crippen molar-refractivity contribution in [2.75, 3.05) is 18.4 Å². The molecule has 1 fully saturated rings. The predicted octanol–water partition coefficient (Wildman–Crippen LogP) is 7.66. The number of aliphatic imine (C=N–C) groups is 2. The van der Waals surface area contributed by atoms with E-state index in [1.807, 2.05) is 45.9 Å². The zero-order valence-corrected chi connectivity index (χ0v) is 24.6. The van der Waals surface area contributed by atoms with Gasteiger partial charge in [0.1, 0.15) is 5.84 Å². The van der Waals surface area contributed by atoms with E-state index in [-0.39, 0.29) is 6.04 Å². The number of aromatic amines is 1. The summed E-state index contributed by atoms with van der Waals surface area (Å²) in [7, 11) is 0. The summed E-state index contributed by atoms with van der Waals surface area (Å²) in [5.74, 6) is 1.53. The molecule has 1 aliphatic rings. The van der Waals surface area contributed by atoms with Crippen molar-refractivity contribution in [2.45, 2.75) is 91.5 Å². The van der Waals surface area contributed by atoms with Crippen molar-refractivity contribution in [3.8, 4) is 0 Å².